The number of rotatable bonds is 5. The van der Waals surface area contributed by atoms with Gasteiger partial charge >= 0.3 is 0 Å². The summed E-state index contributed by atoms with van der Waals surface area (Å²) in [7, 11) is 0. The van der Waals surface area contributed by atoms with Gasteiger partial charge in [-0.15, -0.1) is 0 Å². The highest BCUT2D eigenvalue weighted by Gasteiger charge is 2.11. The number of hydrogen-bond donors (Lipinski definition) is 1. The third kappa shape index (κ3) is 4.03. The summed E-state index contributed by atoms with van der Waals surface area (Å²) in [5.74, 6) is 2.04. The standard InChI is InChI=1S/C21H15ClN4OS/c22-19-12-5-4-11-18(19)20-24-25-21(28)26(20)23-14-15-7-6-10-17(13-15)27-16-8-2-1-3-9-16/h1-14H,(H,25,28)/b23-14-. The van der Waals surface area contributed by atoms with Gasteiger partial charge in [-0.05, 0) is 54.2 Å². The van der Waals surface area contributed by atoms with Crippen LogP contribution in [-0.2, 0) is 0 Å². The Morgan fingerprint density at radius 3 is 2.54 bits per heavy atom. The van der Waals surface area contributed by atoms with Crippen molar-refractivity contribution in [3.63, 3.8) is 0 Å². The van der Waals surface area contributed by atoms with Gasteiger partial charge < -0.3 is 4.74 Å². The Labute approximate surface area is 171 Å². The summed E-state index contributed by atoms with van der Waals surface area (Å²) < 4.78 is 7.78. The lowest BCUT2D eigenvalue weighted by molar-refractivity contribution is 0.482. The molecule has 0 aliphatic carbocycles. The first-order valence-electron chi connectivity index (χ1n) is 8.50. The first-order chi connectivity index (χ1) is 13.7. The molecule has 0 unspecified atom stereocenters. The lowest BCUT2D eigenvalue weighted by atomic mass is 10.2. The predicted molar refractivity (Wildman–Crippen MR) is 114 cm³/mol. The first-order valence-corrected chi connectivity index (χ1v) is 9.29. The van der Waals surface area contributed by atoms with Crippen molar-refractivity contribution < 1.29 is 4.74 Å². The summed E-state index contributed by atoms with van der Waals surface area (Å²) >= 11 is 11.6. The van der Waals surface area contributed by atoms with E-state index in [0.29, 0.717) is 15.6 Å². The van der Waals surface area contributed by atoms with E-state index in [0.717, 1.165) is 22.6 Å². The van der Waals surface area contributed by atoms with Gasteiger partial charge in [0.2, 0.25) is 4.77 Å². The molecule has 1 N–H and O–H groups in total. The third-order valence-corrected chi connectivity index (χ3v) is 4.52. The summed E-state index contributed by atoms with van der Waals surface area (Å²) in [6.07, 6.45) is 1.70. The van der Waals surface area contributed by atoms with Crippen LogP contribution in [0.25, 0.3) is 11.4 Å². The van der Waals surface area contributed by atoms with E-state index in [9.17, 15) is 0 Å². The number of nitrogens with one attached hydrogen (secondary N) is 1. The Morgan fingerprint density at radius 2 is 1.71 bits per heavy atom. The molecule has 0 fully saturated rings. The highest BCUT2D eigenvalue weighted by Crippen LogP contribution is 2.26. The zero-order chi connectivity index (χ0) is 19.3. The molecule has 0 radical (unpaired) electrons. The number of aromatic amines is 1. The van der Waals surface area contributed by atoms with Crippen LogP contribution in [0.4, 0.5) is 0 Å². The Kier molecular flexibility index (Phi) is 5.32. The van der Waals surface area contributed by atoms with Crippen molar-refractivity contribution in [2.24, 2.45) is 5.10 Å². The molecule has 0 saturated carbocycles. The van der Waals surface area contributed by atoms with Gasteiger partial charge in [0.05, 0.1) is 11.2 Å². The number of ether oxygens (including phenoxy) is 1. The van der Waals surface area contributed by atoms with Crippen LogP contribution in [0.3, 0.4) is 0 Å². The molecule has 0 spiro atoms. The number of hydrogen-bond acceptors (Lipinski definition) is 4. The zero-order valence-electron chi connectivity index (χ0n) is 14.6. The fourth-order valence-corrected chi connectivity index (χ4v) is 3.02. The zero-order valence-corrected chi connectivity index (χ0v) is 16.2. The maximum Gasteiger partial charge on any atom is 0.216 e. The van der Waals surface area contributed by atoms with E-state index < -0.39 is 0 Å². The van der Waals surface area contributed by atoms with Crippen molar-refractivity contribution >= 4 is 30.0 Å². The largest absolute Gasteiger partial charge is 0.457 e. The molecule has 1 aromatic heterocycles. The fraction of sp³-hybridized carbons (Fsp3) is 0. The van der Waals surface area contributed by atoms with Gasteiger partial charge in [-0.1, -0.05) is 54.1 Å². The Hall–Kier alpha value is -3.22. The predicted octanol–water partition coefficient (Wildman–Crippen LogP) is 5.94. The van der Waals surface area contributed by atoms with Crippen molar-refractivity contribution in [2.45, 2.75) is 0 Å². The molecule has 5 nitrogen and oxygen atoms in total. The molecular weight excluding hydrogens is 392 g/mol. The van der Waals surface area contributed by atoms with E-state index in [4.69, 9.17) is 28.6 Å². The molecule has 0 amide bonds. The topological polar surface area (TPSA) is 55.2 Å². The second kappa shape index (κ2) is 8.21. The van der Waals surface area contributed by atoms with Crippen LogP contribution in [0.15, 0.2) is 84.0 Å². The molecule has 28 heavy (non-hydrogen) atoms. The van der Waals surface area contributed by atoms with Crippen molar-refractivity contribution in [3.05, 3.63) is 94.2 Å². The highest BCUT2D eigenvalue weighted by molar-refractivity contribution is 7.71. The Bertz CT molecular complexity index is 1180. The molecular formula is C21H15ClN4OS. The molecule has 3 aromatic carbocycles. The molecule has 0 bridgehead atoms. The van der Waals surface area contributed by atoms with Gasteiger partial charge in [0, 0.05) is 5.56 Å². The van der Waals surface area contributed by atoms with E-state index >= 15 is 0 Å². The Morgan fingerprint density at radius 1 is 0.964 bits per heavy atom. The van der Waals surface area contributed by atoms with Gasteiger partial charge in [0.15, 0.2) is 5.82 Å². The van der Waals surface area contributed by atoms with Gasteiger partial charge in [-0.25, -0.2) is 5.10 Å². The van der Waals surface area contributed by atoms with E-state index in [1.165, 1.54) is 0 Å². The normalized spacial score (nSPS) is 11.0. The molecule has 138 valence electrons. The quantitative estimate of drug-likeness (QED) is 0.330. The number of nitrogens with zero attached hydrogens (tertiary/aromatic N) is 3. The summed E-state index contributed by atoms with van der Waals surface area (Å²) in [4.78, 5) is 0. The molecule has 0 aliphatic rings. The highest BCUT2D eigenvalue weighted by atomic mass is 35.5. The molecule has 0 saturated heterocycles. The van der Waals surface area contributed by atoms with Crippen LogP contribution in [0, 0.1) is 4.77 Å². The van der Waals surface area contributed by atoms with Crippen LogP contribution in [0.2, 0.25) is 5.02 Å². The van der Waals surface area contributed by atoms with Gasteiger partial charge in [-0.2, -0.15) is 14.9 Å². The van der Waals surface area contributed by atoms with Crippen molar-refractivity contribution in [1.29, 1.82) is 0 Å². The summed E-state index contributed by atoms with van der Waals surface area (Å²) in [5, 5.41) is 12.1. The van der Waals surface area contributed by atoms with Crippen molar-refractivity contribution in [3.8, 4) is 22.9 Å². The Balaban J connectivity index is 1.62. The number of H-pyrrole nitrogens is 1. The lowest BCUT2D eigenvalue weighted by Gasteiger charge is -2.06. The molecule has 0 atom stereocenters. The van der Waals surface area contributed by atoms with Crippen molar-refractivity contribution in [1.82, 2.24) is 14.9 Å². The second-order valence-corrected chi connectivity index (χ2v) is 6.67. The molecule has 7 heteroatoms. The van der Waals surface area contributed by atoms with Gasteiger partial charge in [0.1, 0.15) is 11.5 Å². The second-order valence-electron chi connectivity index (χ2n) is 5.88. The van der Waals surface area contributed by atoms with Gasteiger partial charge in [-0.3, -0.25) is 0 Å². The summed E-state index contributed by atoms with van der Waals surface area (Å²) in [5.41, 5.74) is 1.61. The van der Waals surface area contributed by atoms with E-state index in [2.05, 4.69) is 15.3 Å². The minimum Gasteiger partial charge on any atom is -0.457 e. The smallest absolute Gasteiger partial charge is 0.216 e. The molecule has 4 aromatic rings. The fourth-order valence-electron chi connectivity index (χ4n) is 2.62. The monoisotopic (exact) mass is 406 g/mol. The molecule has 0 aliphatic heterocycles. The van der Waals surface area contributed by atoms with E-state index in [1.54, 1.807) is 17.0 Å². The molecule has 4 rings (SSSR count). The minimum absolute atomic E-state index is 0.378. The average molecular weight is 407 g/mol. The maximum absolute atomic E-state index is 6.29. The van der Waals surface area contributed by atoms with Crippen LogP contribution < -0.4 is 4.74 Å². The summed E-state index contributed by atoms with van der Waals surface area (Å²) in [6.45, 7) is 0. The number of benzene rings is 3. The average Bonchev–Trinajstić information content (AvgIpc) is 3.08. The number of aromatic nitrogens is 3. The van der Waals surface area contributed by atoms with Crippen LogP contribution >= 0.6 is 23.8 Å². The summed E-state index contributed by atoms with van der Waals surface area (Å²) in [6, 6.07) is 24.7. The van der Waals surface area contributed by atoms with Crippen LogP contribution in [0.5, 0.6) is 11.5 Å². The third-order valence-electron chi connectivity index (χ3n) is 3.92. The molecule has 1 heterocycles. The number of halogens is 1. The van der Waals surface area contributed by atoms with E-state index in [1.807, 2.05) is 72.8 Å². The van der Waals surface area contributed by atoms with Crippen LogP contribution in [0.1, 0.15) is 5.56 Å². The number of para-hydroxylation sites is 1. The van der Waals surface area contributed by atoms with Gasteiger partial charge in [0.25, 0.3) is 0 Å². The van der Waals surface area contributed by atoms with Crippen LogP contribution in [-0.4, -0.2) is 21.1 Å². The van der Waals surface area contributed by atoms with Crippen molar-refractivity contribution in [2.75, 3.05) is 0 Å². The first kappa shape index (κ1) is 18.2. The maximum atomic E-state index is 6.29. The SMILES string of the molecule is S=c1[nH]nc(-c2ccccc2Cl)n1/N=C\c1cccc(Oc2ccccc2)c1. The minimum atomic E-state index is 0.378. The van der Waals surface area contributed by atoms with E-state index in [-0.39, 0.29) is 0 Å². The lowest BCUT2D eigenvalue weighted by Crippen LogP contribution is -1.95.